The van der Waals surface area contributed by atoms with Crippen molar-refractivity contribution in [3.8, 4) is 17.2 Å². The first-order valence-electron chi connectivity index (χ1n) is 7.61. The molecule has 140 valence electrons. The highest BCUT2D eigenvalue weighted by molar-refractivity contribution is 7.46. The van der Waals surface area contributed by atoms with E-state index in [1.807, 2.05) is 6.07 Å². The van der Waals surface area contributed by atoms with E-state index in [-0.39, 0.29) is 23.5 Å². The number of nitrogens with zero attached hydrogens (tertiary/aromatic N) is 3. The first-order valence-corrected chi connectivity index (χ1v) is 9.14. The number of aromatic nitrogens is 1. The second-order valence-corrected chi connectivity index (χ2v) is 6.85. The smallest absolute Gasteiger partial charge is 0.441 e. The lowest BCUT2D eigenvalue weighted by molar-refractivity contribution is 0.0880. The summed E-state index contributed by atoms with van der Waals surface area (Å²) in [6.07, 6.45) is -0.298. The summed E-state index contributed by atoms with van der Waals surface area (Å²) in [6, 6.07) is 9.00. The van der Waals surface area contributed by atoms with Crippen LogP contribution in [0.15, 0.2) is 36.5 Å². The number of phosphoric acid groups is 1. The van der Waals surface area contributed by atoms with Crippen molar-refractivity contribution in [3.63, 3.8) is 0 Å². The van der Waals surface area contributed by atoms with Gasteiger partial charge in [0.15, 0.2) is 0 Å². The number of hydrogen-bond acceptors (Lipinski definition) is 6. The van der Waals surface area contributed by atoms with Gasteiger partial charge in [0.05, 0.1) is 18.8 Å². The van der Waals surface area contributed by atoms with Crippen LogP contribution in [-0.2, 0) is 13.8 Å². The van der Waals surface area contributed by atoms with Gasteiger partial charge in [-0.3, -0.25) is 9.42 Å². The molecular weight excluding hydrogens is 380 g/mol. The van der Waals surface area contributed by atoms with Gasteiger partial charge in [0, 0.05) is 17.3 Å². The van der Waals surface area contributed by atoms with Crippen molar-refractivity contribution in [1.82, 2.24) is 4.98 Å². The lowest BCUT2D eigenvalue weighted by atomic mass is 10.1. The number of carbonyl (C=O) groups is 1. The molecule has 0 radical (unpaired) electrons. The zero-order chi connectivity index (χ0) is 19.6. The summed E-state index contributed by atoms with van der Waals surface area (Å²) in [5.74, 6) is -0.610. The third-order valence-corrected chi connectivity index (χ3v) is 4.24. The average molecular weight is 393 g/mol. The standard InChI is InChI=1S/C16H13FN3O6P/c17-15-5-12(3-4-14(15)10-1-2-11(6-18)19-7-10)20-8-13(26-16(20)21)9-25-27(22,23)24/h1-5,7,13H,8-9H2,(H2,22,23,24)/t13-/m1/s1. The third-order valence-electron chi connectivity index (χ3n) is 3.76. The van der Waals surface area contributed by atoms with Crippen LogP contribution in [0.25, 0.3) is 11.1 Å². The second kappa shape index (κ2) is 7.42. The Labute approximate surface area is 152 Å². The molecule has 0 spiro atoms. The van der Waals surface area contributed by atoms with Crippen LogP contribution in [0.3, 0.4) is 0 Å². The molecule has 3 rings (SSSR count). The number of hydrogen-bond donors (Lipinski definition) is 2. The van der Waals surface area contributed by atoms with E-state index in [1.54, 1.807) is 6.07 Å². The third kappa shape index (κ3) is 4.48. The van der Waals surface area contributed by atoms with Gasteiger partial charge in [-0.1, -0.05) is 0 Å². The molecule has 2 N–H and O–H groups in total. The van der Waals surface area contributed by atoms with Crippen molar-refractivity contribution in [2.45, 2.75) is 6.10 Å². The van der Waals surface area contributed by atoms with Gasteiger partial charge in [-0.2, -0.15) is 5.26 Å². The highest BCUT2D eigenvalue weighted by Gasteiger charge is 2.34. The van der Waals surface area contributed by atoms with Gasteiger partial charge in [-0.05, 0) is 30.3 Å². The largest absolute Gasteiger partial charge is 0.469 e. The van der Waals surface area contributed by atoms with E-state index < -0.39 is 32.4 Å². The molecule has 1 fully saturated rings. The molecule has 1 aromatic heterocycles. The molecule has 1 atom stereocenters. The van der Waals surface area contributed by atoms with E-state index in [1.165, 1.54) is 24.4 Å². The minimum Gasteiger partial charge on any atom is -0.441 e. The summed E-state index contributed by atoms with van der Waals surface area (Å²) in [5, 5.41) is 8.75. The second-order valence-electron chi connectivity index (χ2n) is 5.61. The zero-order valence-corrected chi connectivity index (χ0v) is 14.5. The topological polar surface area (TPSA) is 133 Å². The van der Waals surface area contributed by atoms with Gasteiger partial charge in [0.25, 0.3) is 0 Å². The van der Waals surface area contributed by atoms with E-state index >= 15 is 0 Å². The Kier molecular flexibility index (Phi) is 5.21. The minimum absolute atomic E-state index is 0.0456. The van der Waals surface area contributed by atoms with Gasteiger partial charge >= 0.3 is 13.9 Å². The van der Waals surface area contributed by atoms with E-state index in [4.69, 9.17) is 19.8 Å². The fraction of sp³-hybridized carbons (Fsp3) is 0.188. The molecule has 9 nitrogen and oxygen atoms in total. The normalized spacial score (nSPS) is 16.9. The number of pyridine rings is 1. The number of benzene rings is 1. The quantitative estimate of drug-likeness (QED) is 0.739. The van der Waals surface area contributed by atoms with Gasteiger partial charge in [-0.25, -0.2) is 18.7 Å². The molecule has 0 bridgehead atoms. The summed E-state index contributed by atoms with van der Waals surface area (Å²) in [5.41, 5.74) is 1.14. The SMILES string of the molecule is N#Cc1ccc(-c2ccc(N3C[C@H](COP(=O)(O)O)OC3=O)cc2F)cn1. The molecule has 1 aliphatic heterocycles. The molecule has 1 amide bonds. The fourth-order valence-corrected chi connectivity index (χ4v) is 2.89. The van der Waals surface area contributed by atoms with Crippen molar-refractivity contribution in [3.05, 3.63) is 48.0 Å². The molecular formula is C16H13FN3O6P. The summed E-state index contributed by atoms with van der Waals surface area (Å²) < 4.78 is 34.5. The molecule has 27 heavy (non-hydrogen) atoms. The Morgan fingerprint density at radius 3 is 2.78 bits per heavy atom. The van der Waals surface area contributed by atoms with Gasteiger partial charge < -0.3 is 14.5 Å². The monoisotopic (exact) mass is 393 g/mol. The molecule has 0 aliphatic carbocycles. The summed E-state index contributed by atoms with van der Waals surface area (Å²) in [6.45, 7) is -0.528. The number of anilines is 1. The number of nitriles is 1. The van der Waals surface area contributed by atoms with Crippen LogP contribution in [-0.4, -0.2) is 40.1 Å². The molecule has 0 unspecified atom stereocenters. The van der Waals surface area contributed by atoms with Crippen molar-refractivity contribution in [1.29, 1.82) is 5.26 Å². The maximum atomic E-state index is 14.5. The van der Waals surface area contributed by atoms with E-state index in [0.717, 1.165) is 11.0 Å². The van der Waals surface area contributed by atoms with Crippen LogP contribution in [0.5, 0.6) is 0 Å². The zero-order valence-electron chi connectivity index (χ0n) is 13.6. The first-order chi connectivity index (χ1) is 12.8. The molecule has 2 aromatic rings. The van der Waals surface area contributed by atoms with Crippen LogP contribution in [0, 0.1) is 17.1 Å². The van der Waals surface area contributed by atoms with Crippen LogP contribution in [0.1, 0.15) is 5.69 Å². The minimum atomic E-state index is -4.68. The van der Waals surface area contributed by atoms with Crippen LogP contribution in [0.4, 0.5) is 14.9 Å². The number of rotatable bonds is 5. The predicted molar refractivity (Wildman–Crippen MR) is 90.0 cm³/mol. The summed E-state index contributed by atoms with van der Waals surface area (Å²) in [7, 11) is -4.68. The van der Waals surface area contributed by atoms with Crippen LogP contribution >= 0.6 is 7.82 Å². The molecule has 2 heterocycles. The maximum absolute atomic E-state index is 14.5. The fourth-order valence-electron chi connectivity index (χ4n) is 2.52. The van der Waals surface area contributed by atoms with E-state index in [9.17, 15) is 13.8 Å². The van der Waals surface area contributed by atoms with Crippen molar-refractivity contribution in [2.75, 3.05) is 18.1 Å². The van der Waals surface area contributed by atoms with Crippen molar-refractivity contribution < 1.29 is 32.8 Å². The van der Waals surface area contributed by atoms with Gasteiger partial charge in [-0.15, -0.1) is 0 Å². The van der Waals surface area contributed by atoms with Gasteiger partial charge in [0.2, 0.25) is 0 Å². The Balaban J connectivity index is 1.76. The lowest BCUT2D eigenvalue weighted by Crippen LogP contribution is -2.25. The Hall–Kier alpha value is -2.83. The maximum Gasteiger partial charge on any atom is 0.469 e. The number of amides is 1. The molecule has 1 aromatic carbocycles. The van der Waals surface area contributed by atoms with Gasteiger partial charge in [0.1, 0.15) is 23.7 Å². The Morgan fingerprint density at radius 1 is 1.41 bits per heavy atom. The summed E-state index contributed by atoms with van der Waals surface area (Å²) >= 11 is 0. The Bertz CT molecular complexity index is 956. The highest BCUT2D eigenvalue weighted by atomic mass is 31.2. The Morgan fingerprint density at radius 2 is 2.19 bits per heavy atom. The van der Waals surface area contributed by atoms with Crippen LogP contribution < -0.4 is 4.90 Å². The number of carbonyl (C=O) groups excluding carboxylic acids is 1. The molecule has 11 heteroatoms. The van der Waals surface area contributed by atoms with Crippen LogP contribution in [0.2, 0.25) is 0 Å². The number of phosphoric ester groups is 1. The molecule has 1 aliphatic rings. The number of ether oxygens (including phenoxy) is 1. The number of halogens is 1. The number of cyclic esters (lactones) is 1. The highest BCUT2D eigenvalue weighted by Crippen LogP contribution is 2.36. The van der Waals surface area contributed by atoms with E-state index in [0.29, 0.717) is 5.56 Å². The summed E-state index contributed by atoms with van der Waals surface area (Å²) in [4.78, 5) is 34.4. The first kappa shape index (κ1) is 18.9. The molecule has 1 saturated heterocycles. The van der Waals surface area contributed by atoms with Crippen molar-refractivity contribution >= 4 is 19.6 Å². The predicted octanol–water partition coefficient (Wildman–Crippen LogP) is 2.19. The van der Waals surface area contributed by atoms with Crippen molar-refractivity contribution in [2.24, 2.45) is 0 Å². The lowest BCUT2D eigenvalue weighted by Gasteiger charge is -2.14. The van der Waals surface area contributed by atoms with E-state index in [2.05, 4.69) is 9.51 Å². The average Bonchev–Trinajstić information content (AvgIpc) is 3.00. The molecule has 0 saturated carbocycles.